The van der Waals surface area contributed by atoms with Gasteiger partial charge >= 0.3 is 18.3 Å². The van der Waals surface area contributed by atoms with Crippen molar-refractivity contribution in [1.29, 1.82) is 0 Å². The maximum Gasteiger partial charge on any atom is 0.410 e. The Hall–Kier alpha value is -6.50. The second-order valence-electron chi connectivity index (χ2n) is 13.4. The van der Waals surface area contributed by atoms with Crippen molar-refractivity contribution in [3.05, 3.63) is 144 Å². The Morgan fingerprint density at radius 3 is 1.69 bits per heavy atom. The molecule has 0 saturated carbocycles. The summed E-state index contributed by atoms with van der Waals surface area (Å²) in [6.45, 7) is 1.54. The number of nitrogens with one attached hydrogen (secondary N) is 2. The van der Waals surface area contributed by atoms with Crippen LogP contribution in [0.25, 0.3) is 0 Å². The standard InChI is InChI=1S/C44H51N5O9/c50-34-46-40(56-31-36-18-7-2-8-19-36)24-29-48(41(51)39(47-42(52)53)30-35-16-5-1-6-17-35)26-13-14-27-49(44(55)58-33-38-22-11-4-12-23-38)28-15-25-45-43(54)57-32-37-20-9-3-10-21-37/h1-12,16-23,39-40,47H,13-15,24-33H2,(H,45,54)(H,52,53). The van der Waals surface area contributed by atoms with Crippen LogP contribution in [-0.4, -0.2) is 90.2 Å². The molecule has 3 N–H and O–H groups in total. The van der Waals surface area contributed by atoms with Gasteiger partial charge in [0.15, 0.2) is 6.23 Å². The first-order chi connectivity index (χ1) is 28.3. The molecule has 4 aromatic carbocycles. The van der Waals surface area contributed by atoms with E-state index in [0.717, 1.165) is 22.3 Å². The molecule has 14 heteroatoms. The molecular formula is C44H51N5O9. The number of nitrogens with zero attached hydrogens (tertiary/aromatic N) is 3. The number of rotatable bonds is 24. The highest BCUT2D eigenvalue weighted by Gasteiger charge is 2.27. The average Bonchev–Trinajstić information content (AvgIpc) is 3.25. The molecule has 4 aromatic rings. The molecule has 0 aliphatic carbocycles. The van der Waals surface area contributed by atoms with E-state index in [9.17, 15) is 29.1 Å². The van der Waals surface area contributed by atoms with Crippen LogP contribution in [0, 0.1) is 0 Å². The third kappa shape index (κ3) is 17.1. The van der Waals surface area contributed by atoms with Crippen molar-refractivity contribution in [1.82, 2.24) is 20.4 Å². The number of carboxylic acid groups (broad SMARTS) is 1. The lowest BCUT2D eigenvalue weighted by molar-refractivity contribution is -0.134. The highest BCUT2D eigenvalue weighted by atomic mass is 16.6. The zero-order valence-electron chi connectivity index (χ0n) is 32.4. The van der Waals surface area contributed by atoms with E-state index in [-0.39, 0.29) is 65.4 Å². The SMILES string of the molecule is O=C=NC(CCN(CCCCN(CCCNC(=O)OCc1ccccc1)C(=O)OCc1ccccc1)C(=O)C(Cc1ccccc1)NC(=O)O)OCc1ccccc1. The Morgan fingerprint density at radius 1 is 0.638 bits per heavy atom. The van der Waals surface area contributed by atoms with Gasteiger partial charge in [-0.05, 0) is 41.5 Å². The Morgan fingerprint density at radius 2 is 1.14 bits per heavy atom. The minimum absolute atomic E-state index is 0.0820. The number of unbranched alkanes of at least 4 members (excludes halogenated alkanes) is 1. The zero-order chi connectivity index (χ0) is 41.2. The van der Waals surface area contributed by atoms with E-state index in [1.807, 2.05) is 121 Å². The van der Waals surface area contributed by atoms with Crippen molar-refractivity contribution in [2.45, 2.75) is 64.2 Å². The molecule has 58 heavy (non-hydrogen) atoms. The van der Waals surface area contributed by atoms with Crippen LogP contribution in [0.4, 0.5) is 14.4 Å². The molecule has 0 bridgehead atoms. The predicted molar refractivity (Wildman–Crippen MR) is 216 cm³/mol. The molecule has 0 saturated heterocycles. The third-order valence-corrected chi connectivity index (χ3v) is 8.97. The molecule has 0 heterocycles. The van der Waals surface area contributed by atoms with Crippen molar-refractivity contribution in [3.8, 4) is 0 Å². The van der Waals surface area contributed by atoms with E-state index in [4.69, 9.17) is 14.2 Å². The van der Waals surface area contributed by atoms with E-state index in [1.54, 1.807) is 11.0 Å². The van der Waals surface area contributed by atoms with E-state index >= 15 is 0 Å². The Bertz CT molecular complexity index is 1860. The summed E-state index contributed by atoms with van der Waals surface area (Å²) in [6, 6.07) is 36.0. The first-order valence-electron chi connectivity index (χ1n) is 19.3. The fourth-order valence-corrected chi connectivity index (χ4v) is 5.97. The monoisotopic (exact) mass is 793 g/mol. The maximum atomic E-state index is 14.1. The lowest BCUT2D eigenvalue weighted by Crippen LogP contribution is -2.50. The third-order valence-electron chi connectivity index (χ3n) is 8.97. The molecule has 0 aliphatic rings. The fraction of sp³-hybridized carbons (Fsp3) is 0.341. The van der Waals surface area contributed by atoms with Crippen molar-refractivity contribution >= 4 is 30.3 Å². The van der Waals surface area contributed by atoms with Gasteiger partial charge in [-0.2, -0.15) is 4.99 Å². The van der Waals surface area contributed by atoms with Gasteiger partial charge in [0.1, 0.15) is 19.3 Å². The molecule has 14 nitrogen and oxygen atoms in total. The molecule has 2 atom stereocenters. The van der Waals surface area contributed by atoms with Crippen molar-refractivity contribution < 1.29 is 43.3 Å². The summed E-state index contributed by atoms with van der Waals surface area (Å²) in [6.07, 6.45) is -0.174. The Kier molecular flexibility index (Phi) is 19.5. The lowest BCUT2D eigenvalue weighted by Gasteiger charge is -2.29. The summed E-state index contributed by atoms with van der Waals surface area (Å²) >= 11 is 0. The van der Waals surface area contributed by atoms with Gasteiger partial charge < -0.3 is 39.8 Å². The second-order valence-corrected chi connectivity index (χ2v) is 13.4. The maximum absolute atomic E-state index is 14.1. The minimum Gasteiger partial charge on any atom is -0.465 e. The quantitative estimate of drug-likeness (QED) is 0.0396. The predicted octanol–water partition coefficient (Wildman–Crippen LogP) is 6.70. The van der Waals surface area contributed by atoms with Gasteiger partial charge in [0, 0.05) is 45.6 Å². The number of isocyanates is 1. The largest absolute Gasteiger partial charge is 0.465 e. The molecular weight excluding hydrogens is 743 g/mol. The summed E-state index contributed by atoms with van der Waals surface area (Å²) in [5.74, 6) is -0.451. The first-order valence-corrected chi connectivity index (χ1v) is 19.3. The van der Waals surface area contributed by atoms with E-state index in [1.165, 1.54) is 4.90 Å². The summed E-state index contributed by atoms with van der Waals surface area (Å²) in [7, 11) is 0. The molecule has 0 radical (unpaired) electrons. The van der Waals surface area contributed by atoms with Crippen molar-refractivity contribution in [2.75, 3.05) is 32.7 Å². The minimum atomic E-state index is -1.34. The van der Waals surface area contributed by atoms with Crippen LogP contribution in [0.3, 0.4) is 0 Å². The molecule has 306 valence electrons. The zero-order valence-corrected chi connectivity index (χ0v) is 32.4. The van der Waals surface area contributed by atoms with Gasteiger partial charge in [-0.15, -0.1) is 0 Å². The second kappa shape index (κ2) is 25.6. The number of hydrogen-bond donors (Lipinski definition) is 3. The van der Waals surface area contributed by atoms with Gasteiger partial charge in [-0.1, -0.05) is 121 Å². The summed E-state index contributed by atoms with van der Waals surface area (Å²) in [5, 5.41) is 14.7. The number of alkyl carbamates (subject to hydrolysis) is 1. The lowest BCUT2D eigenvalue weighted by atomic mass is 10.0. The van der Waals surface area contributed by atoms with Gasteiger partial charge in [-0.3, -0.25) is 4.79 Å². The average molecular weight is 794 g/mol. The van der Waals surface area contributed by atoms with E-state index in [0.29, 0.717) is 19.3 Å². The van der Waals surface area contributed by atoms with Gasteiger partial charge in [-0.25, -0.2) is 19.2 Å². The van der Waals surface area contributed by atoms with Crippen LogP contribution in [-0.2, 0) is 50.0 Å². The summed E-state index contributed by atoms with van der Waals surface area (Å²) in [5.41, 5.74) is 3.34. The first kappa shape index (κ1) is 44.2. The summed E-state index contributed by atoms with van der Waals surface area (Å²) < 4.78 is 16.8. The molecule has 4 rings (SSSR count). The number of aliphatic imine (C=N–C) groups is 1. The van der Waals surface area contributed by atoms with Gasteiger partial charge in [0.2, 0.25) is 12.0 Å². The van der Waals surface area contributed by atoms with E-state index in [2.05, 4.69) is 15.6 Å². The van der Waals surface area contributed by atoms with Crippen LogP contribution < -0.4 is 10.6 Å². The highest BCUT2D eigenvalue weighted by molar-refractivity contribution is 5.85. The number of ether oxygens (including phenoxy) is 3. The van der Waals surface area contributed by atoms with Crippen LogP contribution in [0.2, 0.25) is 0 Å². The topological polar surface area (TPSA) is 176 Å². The molecule has 0 aromatic heterocycles. The van der Waals surface area contributed by atoms with E-state index < -0.39 is 36.5 Å². The van der Waals surface area contributed by atoms with Crippen LogP contribution in [0.5, 0.6) is 0 Å². The van der Waals surface area contributed by atoms with Gasteiger partial charge in [0.05, 0.1) is 6.61 Å². The number of hydrogen-bond acceptors (Lipinski definition) is 9. The fourth-order valence-electron chi connectivity index (χ4n) is 5.97. The smallest absolute Gasteiger partial charge is 0.410 e. The van der Waals surface area contributed by atoms with Crippen molar-refractivity contribution in [2.24, 2.45) is 4.99 Å². The Labute approximate surface area is 338 Å². The molecule has 0 spiro atoms. The van der Waals surface area contributed by atoms with Gasteiger partial charge in [0.25, 0.3) is 0 Å². The van der Waals surface area contributed by atoms with Crippen LogP contribution in [0.1, 0.15) is 47.9 Å². The van der Waals surface area contributed by atoms with Crippen molar-refractivity contribution in [3.63, 3.8) is 0 Å². The van der Waals surface area contributed by atoms with Crippen LogP contribution >= 0.6 is 0 Å². The molecule has 2 unspecified atom stereocenters. The van der Waals surface area contributed by atoms with Crippen LogP contribution in [0.15, 0.2) is 126 Å². The number of amides is 4. The molecule has 0 aliphatic heterocycles. The number of carbonyl (C=O) groups excluding carboxylic acids is 4. The number of carbonyl (C=O) groups is 4. The molecule has 4 amide bonds. The highest BCUT2D eigenvalue weighted by Crippen LogP contribution is 2.13. The number of benzene rings is 4. The normalized spacial score (nSPS) is 11.6. The molecule has 0 fully saturated rings. The summed E-state index contributed by atoms with van der Waals surface area (Å²) in [4.78, 5) is 69.7. The Balaban J connectivity index is 1.39.